The molecule has 1 aromatic carbocycles. The van der Waals surface area contributed by atoms with E-state index in [0.29, 0.717) is 18.4 Å². The highest BCUT2D eigenvalue weighted by molar-refractivity contribution is 5.90. The summed E-state index contributed by atoms with van der Waals surface area (Å²) >= 11 is 0. The van der Waals surface area contributed by atoms with Crippen molar-refractivity contribution in [2.24, 2.45) is 0 Å². The lowest BCUT2D eigenvalue weighted by atomic mass is 9.83. The number of nitrogens with one attached hydrogen (secondary N) is 1. The molecule has 27 heavy (non-hydrogen) atoms. The zero-order valence-electron chi connectivity index (χ0n) is 15.5. The number of esters is 1. The lowest BCUT2D eigenvalue weighted by Crippen LogP contribution is -2.52. The van der Waals surface area contributed by atoms with E-state index in [-0.39, 0.29) is 11.5 Å². The van der Waals surface area contributed by atoms with Gasteiger partial charge >= 0.3 is 5.97 Å². The predicted molar refractivity (Wildman–Crippen MR) is 98.8 cm³/mol. The summed E-state index contributed by atoms with van der Waals surface area (Å²) in [7, 11) is 1.43. The van der Waals surface area contributed by atoms with Crippen LogP contribution in [0.5, 0.6) is 11.5 Å². The van der Waals surface area contributed by atoms with Crippen molar-refractivity contribution in [3.05, 3.63) is 29.8 Å². The van der Waals surface area contributed by atoms with Crippen molar-refractivity contribution in [3.63, 3.8) is 0 Å². The molecule has 1 aliphatic rings. The predicted octanol–water partition coefficient (Wildman–Crippen LogP) is 2.69. The van der Waals surface area contributed by atoms with Crippen LogP contribution in [-0.4, -0.2) is 35.7 Å². The van der Waals surface area contributed by atoms with Crippen LogP contribution in [0, 0.1) is 11.3 Å². The maximum Gasteiger partial charge on any atom is 0.331 e. The van der Waals surface area contributed by atoms with Crippen LogP contribution in [0.15, 0.2) is 24.3 Å². The summed E-state index contributed by atoms with van der Waals surface area (Å²) in [5.74, 6) is -0.880. The van der Waals surface area contributed by atoms with Crippen LogP contribution in [0.3, 0.4) is 0 Å². The average Bonchev–Trinajstić information content (AvgIpc) is 2.68. The highest BCUT2D eigenvalue weighted by Crippen LogP contribution is 2.28. The Morgan fingerprint density at radius 1 is 1.33 bits per heavy atom. The summed E-state index contributed by atoms with van der Waals surface area (Å²) in [6.07, 6.45) is 5.72. The average molecular weight is 372 g/mol. The lowest BCUT2D eigenvalue weighted by Gasteiger charge is -2.32. The van der Waals surface area contributed by atoms with Crippen LogP contribution in [0.25, 0.3) is 6.08 Å². The molecule has 0 bridgehead atoms. The number of hydrogen-bond acceptors (Lipinski definition) is 6. The standard InChI is InChI=1S/C20H24N2O5/c1-14(19(25)22-20(13-21)10-4-3-5-11-20)27-18(24)9-7-15-6-8-16(23)17(12-15)26-2/h6-9,12,14,23H,3-5,10-11H2,1-2H3,(H,22,25)/b9-7+/t14-/m1/s1. The van der Waals surface area contributed by atoms with Gasteiger partial charge in [-0.3, -0.25) is 4.79 Å². The van der Waals surface area contributed by atoms with Crippen molar-refractivity contribution in [2.45, 2.75) is 50.7 Å². The van der Waals surface area contributed by atoms with Crippen LogP contribution in [0.2, 0.25) is 0 Å². The number of phenolic OH excluding ortho intramolecular Hbond substituents is 1. The fourth-order valence-corrected chi connectivity index (χ4v) is 2.99. The Morgan fingerprint density at radius 2 is 2.04 bits per heavy atom. The quantitative estimate of drug-likeness (QED) is 0.587. The van der Waals surface area contributed by atoms with E-state index in [9.17, 15) is 20.0 Å². The number of benzene rings is 1. The van der Waals surface area contributed by atoms with Gasteiger partial charge < -0.3 is 19.9 Å². The van der Waals surface area contributed by atoms with Crippen molar-refractivity contribution >= 4 is 18.0 Å². The minimum absolute atomic E-state index is 0.00310. The Morgan fingerprint density at radius 3 is 2.67 bits per heavy atom. The van der Waals surface area contributed by atoms with Crippen molar-refractivity contribution in [1.29, 1.82) is 5.26 Å². The van der Waals surface area contributed by atoms with Crippen LogP contribution in [0.1, 0.15) is 44.6 Å². The fraction of sp³-hybridized carbons (Fsp3) is 0.450. The molecule has 0 aromatic heterocycles. The molecule has 0 saturated heterocycles. The number of amides is 1. The normalized spacial score (nSPS) is 16.9. The van der Waals surface area contributed by atoms with E-state index in [0.717, 1.165) is 19.3 Å². The Labute approximate surface area is 158 Å². The molecule has 7 nitrogen and oxygen atoms in total. The number of ether oxygens (including phenoxy) is 2. The van der Waals surface area contributed by atoms with Crippen molar-refractivity contribution < 1.29 is 24.2 Å². The summed E-state index contributed by atoms with van der Waals surface area (Å²) in [4.78, 5) is 24.3. The Hall–Kier alpha value is -3.01. The van der Waals surface area contributed by atoms with Gasteiger partial charge in [0.25, 0.3) is 5.91 Å². The third-order valence-corrected chi connectivity index (χ3v) is 4.56. The first kappa shape index (κ1) is 20.3. The maximum absolute atomic E-state index is 12.3. The number of nitrogens with zero attached hydrogens (tertiary/aromatic N) is 1. The minimum Gasteiger partial charge on any atom is -0.504 e. The van der Waals surface area contributed by atoms with Gasteiger partial charge in [0.2, 0.25) is 0 Å². The summed E-state index contributed by atoms with van der Waals surface area (Å²) < 4.78 is 10.1. The van der Waals surface area contributed by atoms with Gasteiger partial charge in [-0.1, -0.05) is 25.3 Å². The molecule has 2 N–H and O–H groups in total. The summed E-state index contributed by atoms with van der Waals surface area (Å²) in [6.45, 7) is 1.47. The number of phenols is 1. The number of rotatable bonds is 6. The molecule has 1 saturated carbocycles. The number of nitriles is 1. The second-order valence-corrected chi connectivity index (χ2v) is 6.59. The monoisotopic (exact) mass is 372 g/mol. The molecule has 1 fully saturated rings. The number of hydrogen-bond donors (Lipinski definition) is 2. The van der Waals surface area contributed by atoms with E-state index < -0.39 is 23.5 Å². The molecule has 1 aliphatic carbocycles. The van der Waals surface area contributed by atoms with Gasteiger partial charge in [0.05, 0.1) is 13.2 Å². The molecule has 0 heterocycles. The zero-order valence-corrected chi connectivity index (χ0v) is 15.5. The zero-order chi connectivity index (χ0) is 19.9. The summed E-state index contributed by atoms with van der Waals surface area (Å²) in [6, 6.07) is 6.82. The molecular weight excluding hydrogens is 348 g/mol. The maximum atomic E-state index is 12.3. The molecule has 1 atom stereocenters. The van der Waals surface area contributed by atoms with Gasteiger partial charge in [-0.15, -0.1) is 0 Å². The molecule has 7 heteroatoms. The number of aromatic hydroxyl groups is 1. The van der Waals surface area contributed by atoms with E-state index in [2.05, 4.69) is 11.4 Å². The number of carbonyl (C=O) groups excluding carboxylic acids is 2. The lowest BCUT2D eigenvalue weighted by molar-refractivity contribution is -0.150. The highest BCUT2D eigenvalue weighted by Gasteiger charge is 2.35. The Kier molecular flexibility index (Phi) is 6.83. The van der Waals surface area contributed by atoms with E-state index in [4.69, 9.17) is 9.47 Å². The molecule has 144 valence electrons. The summed E-state index contributed by atoms with van der Waals surface area (Å²) in [5.41, 5.74) is -0.238. The van der Waals surface area contributed by atoms with Crippen LogP contribution >= 0.6 is 0 Å². The van der Waals surface area contributed by atoms with Crippen molar-refractivity contribution in [2.75, 3.05) is 7.11 Å². The third kappa shape index (κ3) is 5.48. The van der Waals surface area contributed by atoms with Gasteiger partial charge in [-0.25, -0.2) is 4.79 Å². The van der Waals surface area contributed by atoms with Gasteiger partial charge in [0.1, 0.15) is 5.54 Å². The molecule has 2 rings (SSSR count). The highest BCUT2D eigenvalue weighted by atomic mass is 16.5. The van der Waals surface area contributed by atoms with E-state index in [1.807, 2.05) is 0 Å². The minimum atomic E-state index is -1.01. The van der Waals surface area contributed by atoms with Gasteiger partial charge in [-0.2, -0.15) is 5.26 Å². The van der Waals surface area contributed by atoms with E-state index in [1.165, 1.54) is 32.3 Å². The molecule has 0 spiro atoms. The molecule has 1 aromatic rings. The largest absolute Gasteiger partial charge is 0.504 e. The van der Waals surface area contributed by atoms with Gasteiger partial charge in [0.15, 0.2) is 17.6 Å². The number of carbonyl (C=O) groups is 2. The van der Waals surface area contributed by atoms with Crippen molar-refractivity contribution in [3.8, 4) is 17.6 Å². The van der Waals surface area contributed by atoms with Crippen LogP contribution in [0.4, 0.5) is 0 Å². The van der Waals surface area contributed by atoms with E-state index in [1.54, 1.807) is 12.1 Å². The second-order valence-electron chi connectivity index (χ2n) is 6.59. The van der Waals surface area contributed by atoms with Crippen LogP contribution in [-0.2, 0) is 14.3 Å². The third-order valence-electron chi connectivity index (χ3n) is 4.56. The Balaban J connectivity index is 1.92. The van der Waals surface area contributed by atoms with Gasteiger partial charge in [0, 0.05) is 6.08 Å². The summed E-state index contributed by atoms with van der Waals surface area (Å²) in [5, 5.41) is 21.7. The fourth-order valence-electron chi connectivity index (χ4n) is 2.99. The second kappa shape index (κ2) is 9.08. The van der Waals surface area contributed by atoms with Crippen LogP contribution < -0.4 is 10.1 Å². The topological polar surface area (TPSA) is 109 Å². The first-order valence-corrected chi connectivity index (χ1v) is 8.88. The first-order chi connectivity index (χ1) is 12.9. The first-order valence-electron chi connectivity index (χ1n) is 8.88. The Bertz CT molecular complexity index is 760. The molecular formula is C20H24N2O5. The smallest absolute Gasteiger partial charge is 0.331 e. The number of methoxy groups -OCH3 is 1. The SMILES string of the molecule is COc1cc(/C=C/C(=O)O[C@H](C)C(=O)NC2(C#N)CCCCC2)ccc1O. The van der Waals surface area contributed by atoms with Crippen molar-refractivity contribution in [1.82, 2.24) is 5.32 Å². The van der Waals surface area contributed by atoms with E-state index >= 15 is 0 Å². The molecule has 0 radical (unpaired) electrons. The van der Waals surface area contributed by atoms with Gasteiger partial charge in [-0.05, 0) is 43.5 Å². The molecule has 0 aliphatic heterocycles. The molecule has 1 amide bonds. The molecule has 0 unspecified atom stereocenters.